The largest absolute Gasteiger partial charge is 0.469 e. The molecule has 1 aliphatic rings. The summed E-state index contributed by atoms with van der Waals surface area (Å²) in [7, 11) is 1.34. The van der Waals surface area contributed by atoms with Crippen LogP contribution in [0.5, 0.6) is 0 Å². The van der Waals surface area contributed by atoms with Gasteiger partial charge in [0, 0.05) is 24.5 Å². The highest BCUT2D eigenvalue weighted by molar-refractivity contribution is 6.31. The third kappa shape index (κ3) is 2.64. The van der Waals surface area contributed by atoms with Crippen molar-refractivity contribution >= 4 is 23.5 Å². The molecule has 0 bridgehead atoms. The minimum Gasteiger partial charge on any atom is -0.469 e. The molecular formula is C13H14ClNO3. The van der Waals surface area contributed by atoms with Gasteiger partial charge >= 0.3 is 5.97 Å². The number of likely N-dealkylation sites (tertiary alicyclic amines) is 1. The van der Waals surface area contributed by atoms with E-state index in [0.717, 1.165) is 5.56 Å². The van der Waals surface area contributed by atoms with Crippen molar-refractivity contribution in [3.05, 3.63) is 34.9 Å². The number of amides is 1. The number of carbonyl (C=O) groups excluding carboxylic acids is 2. The second-order valence-corrected chi connectivity index (χ2v) is 4.70. The molecule has 5 heteroatoms. The van der Waals surface area contributed by atoms with E-state index in [4.69, 9.17) is 11.6 Å². The van der Waals surface area contributed by atoms with E-state index >= 15 is 0 Å². The third-order valence-corrected chi connectivity index (χ3v) is 3.44. The van der Waals surface area contributed by atoms with Gasteiger partial charge in [-0.05, 0) is 11.6 Å². The van der Waals surface area contributed by atoms with Gasteiger partial charge in [0.15, 0.2) is 0 Å². The lowest BCUT2D eigenvalue weighted by Gasteiger charge is -2.17. The Morgan fingerprint density at radius 2 is 2.22 bits per heavy atom. The number of hydrogen-bond acceptors (Lipinski definition) is 3. The number of ether oxygens (including phenoxy) is 1. The summed E-state index contributed by atoms with van der Waals surface area (Å²) in [6, 6.07) is 7.38. The van der Waals surface area contributed by atoms with Crippen LogP contribution in [-0.2, 0) is 20.9 Å². The molecule has 4 nitrogen and oxygen atoms in total. The van der Waals surface area contributed by atoms with E-state index in [0.29, 0.717) is 18.1 Å². The third-order valence-electron chi connectivity index (χ3n) is 3.07. The monoisotopic (exact) mass is 267 g/mol. The molecule has 1 heterocycles. The van der Waals surface area contributed by atoms with Crippen LogP contribution in [-0.4, -0.2) is 30.4 Å². The van der Waals surface area contributed by atoms with Gasteiger partial charge in [0.25, 0.3) is 0 Å². The standard InChI is InChI=1S/C13H14ClNO3/c1-18-13(17)10-6-12(16)15(8-10)7-9-4-2-3-5-11(9)14/h2-5,10H,6-8H2,1H3. The highest BCUT2D eigenvalue weighted by Gasteiger charge is 2.34. The lowest BCUT2D eigenvalue weighted by atomic mass is 10.1. The number of esters is 1. The zero-order chi connectivity index (χ0) is 13.1. The number of halogens is 1. The van der Waals surface area contributed by atoms with Crippen LogP contribution >= 0.6 is 11.6 Å². The van der Waals surface area contributed by atoms with Gasteiger partial charge < -0.3 is 9.64 Å². The SMILES string of the molecule is COC(=O)C1CC(=O)N(Cc2ccccc2Cl)C1. The summed E-state index contributed by atoms with van der Waals surface area (Å²) in [5, 5.41) is 0.631. The molecule has 1 amide bonds. The Bertz CT molecular complexity index is 475. The van der Waals surface area contributed by atoms with Crippen molar-refractivity contribution in [3.63, 3.8) is 0 Å². The Labute approximate surface area is 110 Å². The first kappa shape index (κ1) is 12.9. The molecule has 1 atom stereocenters. The molecular weight excluding hydrogens is 254 g/mol. The van der Waals surface area contributed by atoms with Crippen LogP contribution < -0.4 is 0 Å². The molecule has 0 radical (unpaired) electrons. The van der Waals surface area contributed by atoms with Crippen molar-refractivity contribution in [2.75, 3.05) is 13.7 Å². The minimum atomic E-state index is -0.356. The second-order valence-electron chi connectivity index (χ2n) is 4.29. The Kier molecular flexibility index (Phi) is 3.87. The van der Waals surface area contributed by atoms with Gasteiger partial charge in [0.2, 0.25) is 5.91 Å². The molecule has 0 saturated carbocycles. The number of nitrogens with zero attached hydrogens (tertiary/aromatic N) is 1. The fraction of sp³-hybridized carbons (Fsp3) is 0.385. The predicted molar refractivity (Wildman–Crippen MR) is 67.0 cm³/mol. The number of benzene rings is 1. The molecule has 1 aromatic carbocycles. The predicted octanol–water partition coefficient (Wildman–Crippen LogP) is 1.86. The van der Waals surface area contributed by atoms with E-state index < -0.39 is 0 Å². The van der Waals surface area contributed by atoms with Gasteiger partial charge in [-0.3, -0.25) is 9.59 Å². The first-order valence-corrected chi connectivity index (χ1v) is 6.08. The summed E-state index contributed by atoms with van der Waals surface area (Å²) >= 11 is 6.05. The quantitative estimate of drug-likeness (QED) is 0.786. The van der Waals surface area contributed by atoms with Gasteiger partial charge in [-0.1, -0.05) is 29.8 Å². The van der Waals surface area contributed by atoms with Crippen LogP contribution in [0, 0.1) is 5.92 Å². The van der Waals surface area contributed by atoms with Crippen LogP contribution in [0.2, 0.25) is 5.02 Å². The summed E-state index contributed by atoms with van der Waals surface area (Å²) in [5.41, 5.74) is 0.887. The molecule has 0 aromatic heterocycles. The molecule has 0 N–H and O–H groups in total. The molecule has 0 aliphatic carbocycles. The molecule has 0 spiro atoms. The van der Waals surface area contributed by atoms with Crippen molar-refractivity contribution in [3.8, 4) is 0 Å². The molecule has 96 valence electrons. The van der Waals surface area contributed by atoms with E-state index in [1.807, 2.05) is 18.2 Å². The molecule has 1 unspecified atom stereocenters. The van der Waals surface area contributed by atoms with Crippen molar-refractivity contribution in [1.29, 1.82) is 0 Å². The average molecular weight is 268 g/mol. The number of rotatable bonds is 3. The summed E-state index contributed by atoms with van der Waals surface area (Å²) in [4.78, 5) is 24.8. The smallest absolute Gasteiger partial charge is 0.310 e. The lowest BCUT2D eigenvalue weighted by molar-refractivity contribution is -0.145. The van der Waals surface area contributed by atoms with Gasteiger partial charge in [0.05, 0.1) is 13.0 Å². The Morgan fingerprint density at radius 1 is 1.50 bits per heavy atom. The lowest BCUT2D eigenvalue weighted by Crippen LogP contribution is -2.26. The van der Waals surface area contributed by atoms with Crippen molar-refractivity contribution in [2.24, 2.45) is 5.92 Å². The van der Waals surface area contributed by atoms with Crippen molar-refractivity contribution in [1.82, 2.24) is 4.90 Å². The normalized spacial score (nSPS) is 19.1. The molecule has 1 saturated heterocycles. The van der Waals surface area contributed by atoms with Gasteiger partial charge in [-0.15, -0.1) is 0 Å². The van der Waals surface area contributed by atoms with E-state index in [1.54, 1.807) is 11.0 Å². The number of methoxy groups -OCH3 is 1. The Balaban J connectivity index is 2.05. The zero-order valence-corrected chi connectivity index (χ0v) is 10.8. The number of hydrogen-bond donors (Lipinski definition) is 0. The van der Waals surface area contributed by atoms with Crippen LogP contribution in [0.15, 0.2) is 24.3 Å². The highest BCUT2D eigenvalue weighted by atomic mass is 35.5. The average Bonchev–Trinajstić information content (AvgIpc) is 2.73. The first-order chi connectivity index (χ1) is 8.61. The second kappa shape index (κ2) is 5.40. The maximum atomic E-state index is 11.8. The van der Waals surface area contributed by atoms with Crippen LogP contribution in [0.25, 0.3) is 0 Å². The molecule has 18 heavy (non-hydrogen) atoms. The zero-order valence-electron chi connectivity index (χ0n) is 10.1. The van der Waals surface area contributed by atoms with Crippen LogP contribution in [0.4, 0.5) is 0 Å². The topological polar surface area (TPSA) is 46.6 Å². The van der Waals surface area contributed by atoms with E-state index in [1.165, 1.54) is 7.11 Å². The summed E-state index contributed by atoms with van der Waals surface area (Å²) in [6.45, 7) is 0.836. The first-order valence-electron chi connectivity index (χ1n) is 5.71. The summed E-state index contributed by atoms with van der Waals surface area (Å²) in [5.74, 6) is -0.722. The Morgan fingerprint density at radius 3 is 2.89 bits per heavy atom. The van der Waals surface area contributed by atoms with Crippen molar-refractivity contribution < 1.29 is 14.3 Å². The maximum Gasteiger partial charge on any atom is 0.310 e. The van der Waals surface area contributed by atoms with E-state index in [-0.39, 0.29) is 24.2 Å². The van der Waals surface area contributed by atoms with Crippen LogP contribution in [0.3, 0.4) is 0 Å². The molecule has 2 rings (SSSR count). The molecule has 1 aromatic rings. The van der Waals surface area contributed by atoms with E-state index in [9.17, 15) is 9.59 Å². The summed E-state index contributed by atoms with van der Waals surface area (Å²) in [6.07, 6.45) is 0.219. The Hall–Kier alpha value is -1.55. The number of carbonyl (C=O) groups is 2. The fourth-order valence-electron chi connectivity index (χ4n) is 2.08. The molecule has 1 aliphatic heterocycles. The maximum absolute atomic E-state index is 11.8. The van der Waals surface area contributed by atoms with Gasteiger partial charge in [-0.25, -0.2) is 0 Å². The van der Waals surface area contributed by atoms with Gasteiger partial charge in [0.1, 0.15) is 0 Å². The minimum absolute atomic E-state index is 0.0367. The van der Waals surface area contributed by atoms with E-state index in [2.05, 4.69) is 4.74 Å². The molecule has 1 fully saturated rings. The fourth-order valence-corrected chi connectivity index (χ4v) is 2.28. The van der Waals surface area contributed by atoms with Crippen molar-refractivity contribution in [2.45, 2.75) is 13.0 Å². The highest BCUT2D eigenvalue weighted by Crippen LogP contribution is 2.23. The summed E-state index contributed by atoms with van der Waals surface area (Å²) < 4.78 is 4.66. The van der Waals surface area contributed by atoms with Crippen LogP contribution in [0.1, 0.15) is 12.0 Å². The van der Waals surface area contributed by atoms with Gasteiger partial charge in [-0.2, -0.15) is 0 Å².